The molecule has 0 spiro atoms. The van der Waals surface area contributed by atoms with E-state index in [0.29, 0.717) is 0 Å². The van der Waals surface area contributed by atoms with Crippen LogP contribution in [0.15, 0.2) is 0 Å². The molecule has 0 heterocycles. The molecule has 0 nitrogen and oxygen atoms in total. The van der Waals surface area contributed by atoms with E-state index in [1.54, 1.807) is 0 Å². The maximum atomic E-state index is 3.90. The van der Waals surface area contributed by atoms with Crippen molar-refractivity contribution in [3.63, 3.8) is 0 Å². The normalized spacial score (nSPS) is 12.7. The maximum absolute atomic E-state index is 3.90. The second kappa shape index (κ2) is 18.1. The summed E-state index contributed by atoms with van der Waals surface area (Å²) in [6.07, 6.45) is 23.6. The molecule has 0 aromatic heterocycles. The van der Waals surface area contributed by atoms with Gasteiger partial charge in [-0.1, -0.05) is 130 Å². The number of rotatable bonds is 17. The van der Waals surface area contributed by atoms with Gasteiger partial charge in [0.05, 0.1) is 0 Å². The Morgan fingerprint density at radius 3 is 1.10 bits per heavy atom. The molecule has 0 aliphatic carbocycles. The highest BCUT2D eigenvalue weighted by molar-refractivity contribution is 4.56. The molecule has 126 valence electrons. The third-order valence-corrected chi connectivity index (χ3v) is 4.64. The van der Waals surface area contributed by atoms with E-state index in [0.717, 1.165) is 18.8 Å². The Hall–Kier alpha value is 0. The molecular formula is C21H42. The summed E-state index contributed by atoms with van der Waals surface area (Å²) in [5.74, 6) is 0.954. The Bertz CT molecular complexity index is 173. The fourth-order valence-corrected chi connectivity index (χ4v) is 3.07. The molecule has 0 aliphatic heterocycles. The summed E-state index contributed by atoms with van der Waals surface area (Å²) in [5.41, 5.74) is 0. The van der Waals surface area contributed by atoms with Crippen LogP contribution in [0.2, 0.25) is 0 Å². The van der Waals surface area contributed by atoms with Crippen molar-refractivity contribution in [1.29, 1.82) is 0 Å². The second-order valence-electron chi connectivity index (χ2n) is 6.99. The molecule has 2 radical (unpaired) electrons. The van der Waals surface area contributed by atoms with E-state index in [4.69, 9.17) is 0 Å². The van der Waals surface area contributed by atoms with Crippen LogP contribution in [-0.2, 0) is 0 Å². The standard InChI is InChI=1S/C21H42/c1-4-6-8-10-12-13-14-16-18-20-21(3)19-17-15-11-9-7-5-2/h21H,1-2,4-20H2,3H3. The van der Waals surface area contributed by atoms with Crippen LogP contribution in [0.3, 0.4) is 0 Å². The predicted octanol–water partition coefficient (Wildman–Crippen LogP) is 7.92. The average Bonchev–Trinajstić information content (AvgIpc) is 2.49. The van der Waals surface area contributed by atoms with E-state index < -0.39 is 0 Å². The average molecular weight is 295 g/mol. The van der Waals surface area contributed by atoms with Gasteiger partial charge in [-0.2, -0.15) is 0 Å². The van der Waals surface area contributed by atoms with Gasteiger partial charge in [0.2, 0.25) is 0 Å². The highest BCUT2D eigenvalue weighted by Gasteiger charge is 2.02. The van der Waals surface area contributed by atoms with Crippen molar-refractivity contribution < 1.29 is 0 Å². The molecule has 0 rings (SSSR count). The van der Waals surface area contributed by atoms with Gasteiger partial charge >= 0.3 is 0 Å². The lowest BCUT2D eigenvalue weighted by Gasteiger charge is -2.11. The molecule has 0 saturated carbocycles. The molecule has 0 aromatic rings. The fraction of sp³-hybridized carbons (Fsp3) is 0.905. The van der Waals surface area contributed by atoms with Gasteiger partial charge in [-0.05, 0) is 5.92 Å². The first-order chi connectivity index (χ1) is 10.3. The van der Waals surface area contributed by atoms with Crippen LogP contribution in [0.5, 0.6) is 0 Å². The maximum Gasteiger partial charge on any atom is -0.0443 e. The van der Waals surface area contributed by atoms with Crippen molar-refractivity contribution in [1.82, 2.24) is 0 Å². The monoisotopic (exact) mass is 294 g/mol. The smallest absolute Gasteiger partial charge is 0.0443 e. The second-order valence-corrected chi connectivity index (χ2v) is 6.99. The van der Waals surface area contributed by atoms with Crippen LogP contribution in [0.25, 0.3) is 0 Å². The summed E-state index contributed by atoms with van der Waals surface area (Å²) >= 11 is 0. The summed E-state index contributed by atoms with van der Waals surface area (Å²) in [5, 5.41) is 0. The van der Waals surface area contributed by atoms with Gasteiger partial charge in [0, 0.05) is 0 Å². The summed E-state index contributed by atoms with van der Waals surface area (Å²) in [6, 6.07) is 0. The Balaban J connectivity index is 3.10. The summed E-state index contributed by atoms with van der Waals surface area (Å²) < 4.78 is 0. The van der Waals surface area contributed by atoms with Gasteiger partial charge < -0.3 is 0 Å². The first-order valence-electron chi connectivity index (χ1n) is 9.89. The van der Waals surface area contributed by atoms with Gasteiger partial charge in [-0.3, -0.25) is 0 Å². The van der Waals surface area contributed by atoms with Crippen LogP contribution in [0, 0.1) is 19.8 Å². The van der Waals surface area contributed by atoms with Gasteiger partial charge in [-0.15, -0.1) is 0 Å². The van der Waals surface area contributed by atoms with Crippen LogP contribution in [0.4, 0.5) is 0 Å². The molecule has 0 fully saturated rings. The first-order valence-corrected chi connectivity index (χ1v) is 9.89. The fourth-order valence-electron chi connectivity index (χ4n) is 3.07. The van der Waals surface area contributed by atoms with Crippen molar-refractivity contribution in [3.05, 3.63) is 13.8 Å². The largest absolute Gasteiger partial charge is 0.0625 e. The molecule has 0 heteroatoms. The molecule has 0 aromatic carbocycles. The molecule has 0 saturated heterocycles. The Morgan fingerprint density at radius 1 is 0.476 bits per heavy atom. The lowest BCUT2D eigenvalue weighted by atomic mass is 9.96. The zero-order valence-electron chi connectivity index (χ0n) is 15.0. The van der Waals surface area contributed by atoms with E-state index in [-0.39, 0.29) is 0 Å². The van der Waals surface area contributed by atoms with E-state index in [1.165, 1.54) is 96.3 Å². The zero-order valence-corrected chi connectivity index (χ0v) is 15.0. The van der Waals surface area contributed by atoms with Crippen molar-refractivity contribution in [3.8, 4) is 0 Å². The minimum Gasteiger partial charge on any atom is -0.0625 e. The zero-order chi connectivity index (χ0) is 15.6. The molecule has 1 unspecified atom stereocenters. The molecule has 0 amide bonds. The van der Waals surface area contributed by atoms with Crippen molar-refractivity contribution in [2.45, 2.75) is 116 Å². The van der Waals surface area contributed by atoms with Crippen molar-refractivity contribution >= 4 is 0 Å². The Morgan fingerprint density at radius 2 is 0.762 bits per heavy atom. The molecule has 0 bridgehead atoms. The number of hydrogen-bond donors (Lipinski definition) is 0. The van der Waals surface area contributed by atoms with E-state index in [1.807, 2.05) is 0 Å². The number of unbranched alkanes of at least 4 members (excludes halogenated alkanes) is 13. The Labute approximate surface area is 136 Å². The quantitative estimate of drug-likeness (QED) is 0.239. The minimum absolute atomic E-state index is 0.954. The van der Waals surface area contributed by atoms with Crippen molar-refractivity contribution in [2.24, 2.45) is 5.92 Å². The third kappa shape index (κ3) is 18.0. The molecule has 0 aliphatic rings. The lowest BCUT2D eigenvalue weighted by Crippen LogP contribution is -1.95. The molecule has 21 heavy (non-hydrogen) atoms. The lowest BCUT2D eigenvalue weighted by molar-refractivity contribution is 0.431. The van der Waals surface area contributed by atoms with Crippen LogP contribution < -0.4 is 0 Å². The third-order valence-electron chi connectivity index (χ3n) is 4.64. The molecule has 0 N–H and O–H groups in total. The SMILES string of the molecule is [CH2]CCCCCCCCCCC(C)CCCCCCC[CH2]. The minimum atomic E-state index is 0.954. The highest BCUT2D eigenvalue weighted by atomic mass is 14.1. The predicted molar refractivity (Wildman–Crippen MR) is 98.4 cm³/mol. The van der Waals surface area contributed by atoms with Gasteiger partial charge in [0.25, 0.3) is 0 Å². The first kappa shape index (κ1) is 21.0. The van der Waals surface area contributed by atoms with Gasteiger partial charge in [0.1, 0.15) is 0 Å². The molecular weight excluding hydrogens is 252 g/mol. The van der Waals surface area contributed by atoms with Gasteiger partial charge in [-0.25, -0.2) is 0 Å². The van der Waals surface area contributed by atoms with Gasteiger partial charge in [0.15, 0.2) is 0 Å². The summed E-state index contributed by atoms with van der Waals surface area (Å²) in [7, 11) is 0. The van der Waals surface area contributed by atoms with Crippen LogP contribution in [-0.4, -0.2) is 0 Å². The van der Waals surface area contributed by atoms with E-state index in [9.17, 15) is 0 Å². The molecule has 1 atom stereocenters. The van der Waals surface area contributed by atoms with E-state index >= 15 is 0 Å². The van der Waals surface area contributed by atoms with E-state index in [2.05, 4.69) is 20.8 Å². The van der Waals surface area contributed by atoms with Crippen LogP contribution >= 0.6 is 0 Å². The summed E-state index contributed by atoms with van der Waals surface area (Å²) in [6.45, 7) is 10.3. The van der Waals surface area contributed by atoms with Crippen molar-refractivity contribution in [2.75, 3.05) is 0 Å². The number of hydrogen-bond acceptors (Lipinski definition) is 0. The van der Waals surface area contributed by atoms with Crippen LogP contribution in [0.1, 0.15) is 116 Å². The Kier molecular flexibility index (Phi) is 18.1. The summed E-state index contributed by atoms with van der Waals surface area (Å²) in [4.78, 5) is 0. The topological polar surface area (TPSA) is 0 Å². The highest BCUT2D eigenvalue weighted by Crippen LogP contribution is 2.18.